The molecule has 1 amide bonds. The molecule has 41 heavy (non-hydrogen) atoms. The van der Waals surface area contributed by atoms with Crippen molar-refractivity contribution < 1.29 is 13.9 Å². The number of benzene rings is 2. The highest BCUT2D eigenvalue weighted by atomic mass is 35.5. The number of rotatable bonds is 7. The quantitative estimate of drug-likeness (QED) is 0.215. The number of aromatic nitrogens is 5. The molecule has 3 aromatic heterocycles. The van der Waals surface area contributed by atoms with Gasteiger partial charge in [-0.1, -0.05) is 30.3 Å². The summed E-state index contributed by atoms with van der Waals surface area (Å²) in [5, 5.41) is 3.75. The number of fused-ring (bicyclic) bond motifs is 1. The van der Waals surface area contributed by atoms with Crippen LogP contribution in [0.2, 0.25) is 5.02 Å². The van der Waals surface area contributed by atoms with Crippen LogP contribution >= 0.6 is 11.6 Å². The number of halogens is 2. The summed E-state index contributed by atoms with van der Waals surface area (Å²) < 4.78 is 22.9. The smallest absolute Gasteiger partial charge is 0.322 e. The Hall–Kier alpha value is -4.83. The number of nitrogens with zero attached hydrogens (tertiary/aromatic N) is 5. The lowest BCUT2D eigenvalue weighted by Gasteiger charge is -2.13. The van der Waals surface area contributed by atoms with Crippen LogP contribution in [0.25, 0.3) is 33.4 Å². The predicted octanol–water partition coefficient (Wildman–Crippen LogP) is 6.47. The van der Waals surface area contributed by atoms with E-state index in [0.717, 1.165) is 12.8 Å². The molecule has 0 bridgehead atoms. The first-order valence-electron chi connectivity index (χ1n) is 12.9. The topological polar surface area (TPSA) is 121 Å². The molecule has 0 atom stereocenters. The lowest BCUT2D eigenvalue weighted by Crippen LogP contribution is -2.15. The van der Waals surface area contributed by atoms with E-state index in [1.807, 2.05) is 17.7 Å². The molecule has 0 spiro atoms. The number of ether oxygens (including phenoxy) is 1. The fourth-order valence-electron chi connectivity index (χ4n) is 4.79. The Bertz CT molecular complexity index is 1870. The first kappa shape index (κ1) is 26.4. The molecule has 1 saturated carbocycles. The average Bonchev–Trinajstić information content (AvgIpc) is 3.75. The van der Waals surface area contributed by atoms with Crippen molar-refractivity contribution in [2.24, 2.45) is 13.0 Å². The number of nitrogens with one attached hydrogen (secondary N) is 1. The Kier molecular flexibility index (Phi) is 6.63. The van der Waals surface area contributed by atoms with E-state index in [-0.39, 0.29) is 29.4 Å². The van der Waals surface area contributed by atoms with Gasteiger partial charge in [0.25, 0.3) is 5.91 Å². The number of carbonyl (C=O) groups is 1. The minimum absolute atomic E-state index is 0.0266. The third kappa shape index (κ3) is 4.98. The highest BCUT2D eigenvalue weighted by molar-refractivity contribution is 6.34. The molecule has 0 saturated heterocycles. The van der Waals surface area contributed by atoms with Crippen LogP contribution in [0.1, 0.15) is 18.5 Å². The van der Waals surface area contributed by atoms with Crippen molar-refractivity contribution in [2.45, 2.75) is 19.8 Å². The zero-order valence-electron chi connectivity index (χ0n) is 22.3. The van der Waals surface area contributed by atoms with Crippen LogP contribution < -0.4 is 15.8 Å². The van der Waals surface area contributed by atoms with Gasteiger partial charge in [0.2, 0.25) is 0 Å². The van der Waals surface area contributed by atoms with E-state index >= 15 is 4.39 Å². The molecule has 0 unspecified atom stereocenters. The van der Waals surface area contributed by atoms with Crippen molar-refractivity contribution in [1.29, 1.82) is 0 Å². The highest BCUT2D eigenvalue weighted by Crippen LogP contribution is 2.44. The molecule has 1 fully saturated rings. The van der Waals surface area contributed by atoms with Crippen LogP contribution in [-0.4, -0.2) is 30.4 Å². The Morgan fingerprint density at radius 1 is 1.15 bits per heavy atom. The van der Waals surface area contributed by atoms with Crippen molar-refractivity contribution in [3.8, 4) is 34.1 Å². The van der Waals surface area contributed by atoms with Gasteiger partial charge in [0, 0.05) is 35.6 Å². The fraction of sp³-hybridized carbons (Fsp3) is 0.167. The number of carbonyl (C=O) groups excluding carboxylic acids is 1. The Morgan fingerprint density at radius 3 is 2.63 bits per heavy atom. The molecule has 3 N–H and O–H groups in total. The number of hydrogen-bond donors (Lipinski definition) is 2. The minimum Gasteiger partial charge on any atom is -0.421 e. The van der Waals surface area contributed by atoms with E-state index in [0.29, 0.717) is 55.4 Å². The summed E-state index contributed by atoms with van der Waals surface area (Å²) in [6.45, 7) is 5.70. The number of aryl methyl sites for hydroxylation is 2. The summed E-state index contributed by atoms with van der Waals surface area (Å²) in [5.74, 6) is -0.405. The highest BCUT2D eigenvalue weighted by Gasteiger charge is 2.29. The molecule has 9 nitrogen and oxygen atoms in total. The van der Waals surface area contributed by atoms with Gasteiger partial charge in [0.15, 0.2) is 11.6 Å². The van der Waals surface area contributed by atoms with E-state index in [1.165, 1.54) is 18.5 Å². The van der Waals surface area contributed by atoms with Gasteiger partial charge in [-0.05, 0) is 61.6 Å². The molecule has 2 aromatic carbocycles. The number of nitrogens with two attached hydrogens (primary N) is 1. The van der Waals surface area contributed by atoms with Crippen LogP contribution in [-0.2, 0) is 11.8 Å². The van der Waals surface area contributed by atoms with Crippen LogP contribution in [0.15, 0.2) is 67.1 Å². The lowest BCUT2D eigenvalue weighted by atomic mass is 9.98. The second-order valence-electron chi connectivity index (χ2n) is 9.92. The number of anilines is 2. The first-order chi connectivity index (χ1) is 19.7. The van der Waals surface area contributed by atoms with E-state index in [1.54, 1.807) is 37.4 Å². The third-order valence-electron chi connectivity index (χ3n) is 7.04. The molecule has 6 rings (SSSR count). The van der Waals surface area contributed by atoms with Crippen LogP contribution in [0.5, 0.6) is 11.8 Å². The maximum absolute atomic E-state index is 15.4. The third-order valence-corrected chi connectivity index (χ3v) is 7.36. The minimum atomic E-state index is -0.613. The van der Waals surface area contributed by atoms with Gasteiger partial charge in [-0.25, -0.2) is 24.3 Å². The second kappa shape index (κ2) is 10.3. The molecular formula is C30H25ClFN7O2. The van der Waals surface area contributed by atoms with E-state index < -0.39 is 5.82 Å². The summed E-state index contributed by atoms with van der Waals surface area (Å²) >= 11 is 6.64. The van der Waals surface area contributed by atoms with Crippen molar-refractivity contribution in [3.63, 3.8) is 0 Å². The molecule has 0 aliphatic heterocycles. The number of amides is 1. The second-order valence-corrected chi connectivity index (χ2v) is 10.3. The van der Waals surface area contributed by atoms with Crippen molar-refractivity contribution in [2.75, 3.05) is 11.1 Å². The van der Waals surface area contributed by atoms with Crippen molar-refractivity contribution in [1.82, 2.24) is 24.5 Å². The lowest BCUT2D eigenvalue weighted by molar-refractivity contribution is -0.113. The zero-order chi connectivity index (χ0) is 28.8. The van der Waals surface area contributed by atoms with Gasteiger partial charge < -0.3 is 20.4 Å². The molecule has 0 radical (unpaired) electrons. The van der Waals surface area contributed by atoms with Gasteiger partial charge in [0.1, 0.15) is 17.8 Å². The Morgan fingerprint density at radius 2 is 1.93 bits per heavy atom. The van der Waals surface area contributed by atoms with Crippen molar-refractivity contribution in [3.05, 3.63) is 83.7 Å². The van der Waals surface area contributed by atoms with Gasteiger partial charge >= 0.3 is 6.01 Å². The molecule has 206 valence electrons. The first-order valence-corrected chi connectivity index (χ1v) is 13.3. The van der Waals surface area contributed by atoms with Gasteiger partial charge in [-0.2, -0.15) is 0 Å². The van der Waals surface area contributed by atoms with E-state index in [2.05, 4.69) is 31.8 Å². The van der Waals surface area contributed by atoms with Crippen LogP contribution in [0.4, 0.5) is 15.9 Å². The largest absolute Gasteiger partial charge is 0.421 e. The van der Waals surface area contributed by atoms with E-state index in [4.69, 9.17) is 22.1 Å². The number of nitrogen functional groups attached to an aromatic ring is 1. The van der Waals surface area contributed by atoms with E-state index in [9.17, 15) is 4.79 Å². The fourth-order valence-corrected chi connectivity index (χ4v) is 5.02. The summed E-state index contributed by atoms with van der Waals surface area (Å²) in [6, 6.07) is 11.6. The van der Waals surface area contributed by atoms with Gasteiger partial charge in [-0.3, -0.25) is 4.79 Å². The van der Waals surface area contributed by atoms with Crippen LogP contribution in [0, 0.1) is 18.7 Å². The number of hydrogen-bond acceptors (Lipinski definition) is 7. The van der Waals surface area contributed by atoms with Crippen LogP contribution in [0.3, 0.4) is 0 Å². The van der Waals surface area contributed by atoms with Gasteiger partial charge in [-0.15, -0.1) is 0 Å². The van der Waals surface area contributed by atoms with Gasteiger partial charge in [0.05, 0.1) is 21.8 Å². The summed E-state index contributed by atoms with van der Waals surface area (Å²) in [7, 11) is 1.83. The predicted molar refractivity (Wildman–Crippen MR) is 156 cm³/mol. The van der Waals surface area contributed by atoms with Crippen molar-refractivity contribution >= 4 is 40.0 Å². The summed E-state index contributed by atoms with van der Waals surface area (Å²) in [4.78, 5) is 29.4. The molecule has 11 heteroatoms. The normalized spacial score (nSPS) is 12.9. The maximum Gasteiger partial charge on any atom is 0.322 e. The average molecular weight is 570 g/mol. The summed E-state index contributed by atoms with van der Waals surface area (Å²) in [5.41, 5.74) is 11.1. The summed E-state index contributed by atoms with van der Waals surface area (Å²) in [6.07, 6.45) is 4.87. The zero-order valence-corrected chi connectivity index (χ0v) is 23.0. The molecule has 1 aliphatic rings. The maximum atomic E-state index is 15.4. The molecule has 5 aromatic rings. The Labute approximate surface area is 239 Å². The molecule has 1 aliphatic carbocycles. The monoisotopic (exact) mass is 569 g/mol. The Balaban J connectivity index is 1.43. The molecular weight excluding hydrogens is 545 g/mol. The standard InChI is InChI=1S/C30H25ClFN7O2/c1-15-10-11-34-30(37-15)41-23-9-7-18(13-21(23)32)24-25-27(33)35-14-36-28(25)39(3)26(24)19-6-8-22(20(31)12-19)38-29(40)16(2)17-4-5-17/h6-14,17H,2,4-5H2,1,3H3,(H,38,40)(H2,33,35,36). The SMILES string of the molecule is C=C(C(=O)Nc1ccc(-c2c(-c3ccc(Oc4nccc(C)n4)c(F)c3)c3c(N)ncnc3n2C)cc1Cl)C1CC1. The molecule has 3 heterocycles.